The van der Waals surface area contributed by atoms with Gasteiger partial charge in [-0.3, -0.25) is 0 Å². The van der Waals surface area contributed by atoms with Crippen LogP contribution in [-0.4, -0.2) is 0 Å². The molecule has 0 N–H and O–H groups in total. The maximum Gasteiger partial charge on any atom is 0.135 e. The highest BCUT2D eigenvalue weighted by atomic mass is 31.1. The summed E-state index contributed by atoms with van der Waals surface area (Å²) in [6.45, 7) is 6.43. The van der Waals surface area contributed by atoms with Gasteiger partial charge in [0.15, 0.2) is 0 Å². The van der Waals surface area contributed by atoms with Gasteiger partial charge in [-0.25, -0.2) is 0 Å². The summed E-state index contributed by atoms with van der Waals surface area (Å²) in [4.78, 5) is 0. The second kappa shape index (κ2) is 5.51. The molecule has 3 aromatic rings. The number of hydrogen-bond acceptors (Lipinski definition) is 1. The van der Waals surface area contributed by atoms with E-state index in [1.807, 2.05) is 0 Å². The lowest BCUT2D eigenvalue weighted by molar-refractivity contribution is 0.488. The van der Waals surface area contributed by atoms with E-state index >= 15 is 0 Å². The maximum atomic E-state index is 6.18. The molecule has 0 spiro atoms. The lowest BCUT2D eigenvalue weighted by Gasteiger charge is -2.29. The lowest BCUT2D eigenvalue weighted by atomic mass is 10.2. The first-order valence-corrected chi connectivity index (χ1v) is 9.22. The van der Waals surface area contributed by atoms with E-state index in [0.717, 1.165) is 11.5 Å². The monoisotopic (exact) mass is 318 g/mol. The summed E-state index contributed by atoms with van der Waals surface area (Å²) < 4.78 is 6.18. The normalized spacial score (nSPS) is 13.2. The Kier molecular flexibility index (Phi) is 3.47. The summed E-state index contributed by atoms with van der Waals surface area (Å²) >= 11 is 0. The minimum Gasteiger partial charge on any atom is -0.456 e. The van der Waals surface area contributed by atoms with E-state index in [4.69, 9.17) is 4.74 Å². The fourth-order valence-corrected chi connectivity index (χ4v) is 5.61. The van der Waals surface area contributed by atoms with Crippen LogP contribution < -0.4 is 20.7 Å². The van der Waals surface area contributed by atoms with Gasteiger partial charge < -0.3 is 4.74 Å². The summed E-state index contributed by atoms with van der Waals surface area (Å²) in [6.07, 6.45) is 0. The third-order valence-electron chi connectivity index (χ3n) is 4.22. The molecule has 4 rings (SSSR count). The Labute approximate surface area is 138 Å². The van der Waals surface area contributed by atoms with Crippen molar-refractivity contribution in [2.45, 2.75) is 20.8 Å². The summed E-state index contributed by atoms with van der Waals surface area (Å²) in [6, 6.07) is 22.0. The van der Waals surface area contributed by atoms with Crippen LogP contribution in [-0.2, 0) is 0 Å². The molecule has 1 aliphatic rings. The van der Waals surface area contributed by atoms with Gasteiger partial charge in [-0.05, 0) is 58.3 Å². The van der Waals surface area contributed by atoms with Crippen LogP contribution in [0.15, 0.2) is 60.7 Å². The Morgan fingerprint density at radius 1 is 0.609 bits per heavy atom. The van der Waals surface area contributed by atoms with Gasteiger partial charge in [-0.1, -0.05) is 53.1 Å². The van der Waals surface area contributed by atoms with Gasteiger partial charge in [-0.15, -0.1) is 0 Å². The van der Waals surface area contributed by atoms with Crippen LogP contribution in [0.5, 0.6) is 11.5 Å². The minimum atomic E-state index is -0.568. The Morgan fingerprint density at radius 2 is 1.09 bits per heavy atom. The van der Waals surface area contributed by atoms with Gasteiger partial charge in [0.25, 0.3) is 0 Å². The predicted molar refractivity (Wildman–Crippen MR) is 99.4 cm³/mol. The molecule has 1 heterocycles. The minimum absolute atomic E-state index is 0.568. The van der Waals surface area contributed by atoms with Gasteiger partial charge in [0.1, 0.15) is 11.5 Å². The standard InChI is InChI=1S/C21H19OP/c1-14-4-8-17(9-5-14)23-20-12-15(2)6-10-18(20)22-19-11-7-16(3)13-21(19)23/h4-13H,1-3H3. The molecule has 3 aromatic carbocycles. The summed E-state index contributed by atoms with van der Waals surface area (Å²) in [5.74, 6) is 2.00. The lowest BCUT2D eigenvalue weighted by Crippen LogP contribution is -2.27. The van der Waals surface area contributed by atoms with Crippen LogP contribution in [0.3, 0.4) is 0 Å². The molecular weight excluding hydrogens is 299 g/mol. The van der Waals surface area contributed by atoms with Crippen LogP contribution in [0, 0.1) is 20.8 Å². The molecule has 23 heavy (non-hydrogen) atoms. The average Bonchev–Trinajstić information content (AvgIpc) is 2.54. The van der Waals surface area contributed by atoms with Crippen LogP contribution in [0.1, 0.15) is 16.7 Å². The molecule has 0 radical (unpaired) electrons. The predicted octanol–water partition coefficient (Wildman–Crippen LogP) is 4.48. The molecule has 0 amide bonds. The van der Waals surface area contributed by atoms with E-state index in [9.17, 15) is 0 Å². The number of fused-ring (bicyclic) bond motifs is 2. The number of ether oxygens (including phenoxy) is 1. The zero-order valence-corrected chi connectivity index (χ0v) is 14.5. The molecule has 0 atom stereocenters. The second-order valence-electron chi connectivity index (χ2n) is 6.22. The quantitative estimate of drug-likeness (QED) is 0.470. The highest BCUT2D eigenvalue weighted by Crippen LogP contribution is 2.45. The zero-order valence-electron chi connectivity index (χ0n) is 13.6. The van der Waals surface area contributed by atoms with Gasteiger partial charge in [0, 0.05) is 10.6 Å². The molecule has 0 unspecified atom stereocenters. The van der Waals surface area contributed by atoms with Crippen molar-refractivity contribution in [1.82, 2.24) is 0 Å². The first kappa shape index (κ1) is 14.5. The van der Waals surface area contributed by atoms with Crippen LogP contribution in [0.4, 0.5) is 0 Å². The molecule has 1 aliphatic heterocycles. The topological polar surface area (TPSA) is 9.23 Å². The van der Waals surface area contributed by atoms with E-state index in [1.54, 1.807) is 0 Å². The molecule has 0 aliphatic carbocycles. The summed E-state index contributed by atoms with van der Waals surface area (Å²) in [5, 5.41) is 4.02. The van der Waals surface area contributed by atoms with E-state index in [-0.39, 0.29) is 0 Å². The van der Waals surface area contributed by atoms with Crippen molar-refractivity contribution in [1.29, 1.82) is 0 Å². The van der Waals surface area contributed by atoms with Gasteiger partial charge in [0.2, 0.25) is 0 Å². The molecule has 0 fully saturated rings. The second-order valence-corrected chi connectivity index (χ2v) is 8.37. The first-order chi connectivity index (χ1) is 11.1. The number of hydrogen-bond donors (Lipinski definition) is 0. The Bertz CT molecular complexity index is 829. The molecule has 0 saturated heterocycles. The summed E-state index contributed by atoms with van der Waals surface area (Å²) in [5.41, 5.74) is 3.86. The number of rotatable bonds is 1. The van der Waals surface area contributed by atoms with E-state index in [1.165, 1.54) is 32.6 Å². The Balaban J connectivity index is 1.97. The Morgan fingerprint density at radius 3 is 1.61 bits per heavy atom. The van der Waals surface area contributed by atoms with E-state index in [2.05, 4.69) is 81.4 Å². The van der Waals surface area contributed by atoms with Crippen LogP contribution >= 0.6 is 7.92 Å². The largest absolute Gasteiger partial charge is 0.456 e. The SMILES string of the molecule is Cc1ccc(P2c3cc(C)ccc3Oc3ccc(C)cc32)cc1. The van der Waals surface area contributed by atoms with Crippen molar-refractivity contribution in [3.63, 3.8) is 0 Å². The van der Waals surface area contributed by atoms with Crippen molar-refractivity contribution in [2.75, 3.05) is 0 Å². The van der Waals surface area contributed by atoms with Gasteiger partial charge >= 0.3 is 0 Å². The van der Waals surface area contributed by atoms with E-state index < -0.39 is 7.92 Å². The molecule has 0 aromatic heterocycles. The molecule has 0 saturated carbocycles. The van der Waals surface area contributed by atoms with Crippen molar-refractivity contribution in [3.8, 4) is 11.5 Å². The van der Waals surface area contributed by atoms with Gasteiger partial charge in [-0.2, -0.15) is 0 Å². The molecular formula is C21H19OP. The molecule has 0 bridgehead atoms. The van der Waals surface area contributed by atoms with Crippen molar-refractivity contribution in [2.24, 2.45) is 0 Å². The highest BCUT2D eigenvalue weighted by Gasteiger charge is 2.28. The smallest absolute Gasteiger partial charge is 0.135 e. The van der Waals surface area contributed by atoms with Crippen molar-refractivity contribution >= 4 is 23.8 Å². The molecule has 2 heteroatoms. The molecule has 114 valence electrons. The maximum absolute atomic E-state index is 6.18. The zero-order chi connectivity index (χ0) is 16.0. The third-order valence-corrected chi connectivity index (χ3v) is 6.70. The van der Waals surface area contributed by atoms with Crippen LogP contribution in [0.2, 0.25) is 0 Å². The first-order valence-electron chi connectivity index (χ1n) is 7.88. The van der Waals surface area contributed by atoms with Gasteiger partial charge in [0.05, 0.1) is 0 Å². The van der Waals surface area contributed by atoms with Crippen molar-refractivity contribution in [3.05, 3.63) is 77.4 Å². The van der Waals surface area contributed by atoms with Crippen molar-refractivity contribution < 1.29 is 4.74 Å². The fourth-order valence-electron chi connectivity index (χ4n) is 3.00. The average molecular weight is 318 g/mol. The van der Waals surface area contributed by atoms with E-state index in [0.29, 0.717) is 0 Å². The summed E-state index contributed by atoms with van der Waals surface area (Å²) in [7, 11) is -0.568. The van der Waals surface area contributed by atoms with Crippen LogP contribution in [0.25, 0.3) is 0 Å². The number of aryl methyl sites for hydroxylation is 3. The number of benzene rings is 3. The molecule has 1 nitrogen and oxygen atoms in total. The Hall–Kier alpha value is -2.11. The highest BCUT2D eigenvalue weighted by molar-refractivity contribution is 7.80. The third kappa shape index (κ3) is 2.56. The fraction of sp³-hybridized carbons (Fsp3) is 0.143.